The van der Waals surface area contributed by atoms with Crippen LogP contribution in [0.5, 0.6) is 0 Å². The minimum atomic E-state index is 0.900. The molecule has 0 atom stereocenters. The predicted octanol–water partition coefficient (Wildman–Crippen LogP) is 2.43. The largest absolute Gasteiger partial charge is 0.349 e. The highest BCUT2D eigenvalue weighted by atomic mass is 32.1. The minimum absolute atomic E-state index is 0.900. The number of nitrogens with one attached hydrogen (secondary N) is 2. The van der Waals surface area contributed by atoms with Crippen LogP contribution in [0.15, 0.2) is 18.6 Å². The quantitative estimate of drug-likeness (QED) is 0.697. The zero-order valence-corrected chi connectivity index (χ0v) is 13.0. The number of H-pyrrole nitrogens is 1. The zero-order chi connectivity index (χ0) is 14.2. The van der Waals surface area contributed by atoms with Gasteiger partial charge in [-0.1, -0.05) is 0 Å². The van der Waals surface area contributed by atoms with Crippen molar-refractivity contribution in [1.82, 2.24) is 20.3 Å². The number of aromatic nitrogens is 3. The SMILES string of the molecule is CCN(CC)c1ncc(CNCCCc2ncc[nH]2)s1. The molecule has 0 saturated heterocycles. The maximum absolute atomic E-state index is 4.49. The maximum Gasteiger partial charge on any atom is 0.185 e. The van der Waals surface area contributed by atoms with Crippen molar-refractivity contribution in [2.24, 2.45) is 0 Å². The molecule has 110 valence electrons. The first-order valence-corrected chi connectivity index (χ1v) is 8.03. The van der Waals surface area contributed by atoms with Crippen LogP contribution in [-0.4, -0.2) is 34.6 Å². The Bertz CT molecular complexity index is 475. The Hall–Kier alpha value is -1.40. The molecule has 0 spiro atoms. The van der Waals surface area contributed by atoms with Crippen LogP contribution in [0.4, 0.5) is 5.13 Å². The summed E-state index contributed by atoms with van der Waals surface area (Å²) in [5.74, 6) is 1.06. The lowest BCUT2D eigenvalue weighted by molar-refractivity contribution is 0.645. The molecule has 2 aromatic heterocycles. The monoisotopic (exact) mass is 293 g/mol. The second-order valence-electron chi connectivity index (χ2n) is 4.60. The number of aryl methyl sites for hydroxylation is 1. The number of rotatable bonds is 9. The lowest BCUT2D eigenvalue weighted by Crippen LogP contribution is -2.21. The number of hydrogen-bond acceptors (Lipinski definition) is 5. The van der Waals surface area contributed by atoms with Gasteiger partial charge in [-0.25, -0.2) is 9.97 Å². The van der Waals surface area contributed by atoms with Gasteiger partial charge in [-0.3, -0.25) is 0 Å². The molecule has 2 N–H and O–H groups in total. The third-order valence-corrected chi connectivity index (χ3v) is 4.25. The highest BCUT2D eigenvalue weighted by Crippen LogP contribution is 2.21. The van der Waals surface area contributed by atoms with E-state index in [9.17, 15) is 0 Å². The number of hydrogen-bond donors (Lipinski definition) is 2. The third kappa shape index (κ3) is 4.31. The summed E-state index contributed by atoms with van der Waals surface area (Å²) in [6.07, 6.45) is 7.74. The fraction of sp³-hybridized carbons (Fsp3) is 0.571. The second-order valence-corrected chi connectivity index (χ2v) is 5.69. The molecule has 0 bridgehead atoms. The molecular weight excluding hydrogens is 270 g/mol. The summed E-state index contributed by atoms with van der Waals surface area (Å²) in [4.78, 5) is 15.4. The van der Waals surface area contributed by atoms with Crippen molar-refractivity contribution < 1.29 is 0 Å². The van der Waals surface area contributed by atoms with Crippen LogP contribution in [0.2, 0.25) is 0 Å². The summed E-state index contributed by atoms with van der Waals surface area (Å²) >= 11 is 1.78. The molecule has 0 unspecified atom stereocenters. The summed E-state index contributed by atoms with van der Waals surface area (Å²) in [7, 11) is 0. The van der Waals surface area contributed by atoms with Gasteiger partial charge in [-0.05, 0) is 26.8 Å². The first-order valence-electron chi connectivity index (χ1n) is 7.22. The van der Waals surface area contributed by atoms with E-state index < -0.39 is 0 Å². The van der Waals surface area contributed by atoms with Gasteiger partial charge in [0, 0.05) is 49.5 Å². The van der Waals surface area contributed by atoms with Crippen molar-refractivity contribution in [1.29, 1.82) is 0 Å². The number of imidazole rings is 1. The van der Waals surface area contributed by atoms with Gasteiger partial charge in [0.1, 0.15) is 5.82 Å². The number of nitrogens with zero attached hydrogens (tertiary/aromatic N) is 3. The molecule has 0 saturated carbocycles. The van der Waals surface area contributed by atoms with E-state index in [4.69, 9.17) is 0 Å². The summed E-state index contributed by atoms with van der Waals surface area (Å²) < 4.78 is 0. The highest BCUT2D eigenvalue weighted by molar-refractivity contribution is 7.15. The van der Waals surface area contributed by atoms with Gasteiger partial charge in [0.25, 0.3) is 0 Å². The molecule has 5 nitrogen and oxygen atoms in total. The molecule has 0 aromatic carbocycles. The van der Waals surface area contributed by atoms with E-state index in [0.717, 1.165) is 50.0 Å². The number of aromatic amines is 1. The van der Waals surface area contributed by atoms with Gasteiger partial charge in [-0.2, -0.15) is 0 Å². The van der Waals surface area contributed by atoms with Crippen LogP contribution in [0.1, 0.15) is 31.0 Å². The van der Waals surface area contributed by atoms with Gasteiger partial charge in [0.2, 0.25) is 0 Å². The fourth-order valence-corrected chi connectivity index (χ4v) is 3.05. The molecule has 0 aliphatic rings. The Kier molecular flexibility index (Phi) is 6.01. The Morgan fingerprint density at radius 3 is 2.85 bits per heavy atom. The lowest BCUT2D eigenvalue weighted by Gasteiger charge is -2.16. The summed E-state index contributed by atoms with van der Waals surface area (Å²) in [6, 6.07) is 0. The van der Waals surface area contributed by atoms with Crippen LogP contribution in [0, 0.1) is 0 Å². The first-order chi connectivity index (χ1) is 9.83. The molecule has 2 heterocycles. The van der Waals surface area contributed by atoms with E-state index in [1.807, 2.05) is 12.4 Å². The molecule has 0 fully saturated rings. The van der Waals surface area contributed by atoms with E-state index in [1.54, 1.807) is 17.5 Å². The van der Waals surface area contributed by atoms with Crippen LogP contribution >= 0.6 is 11.3 Å². The molecule has 6 heteroatoms. The molecule has 0 amide bonds. The highest BCUT2D eigenvalue weighted by Gasteiger charge is 2.07. The molecule has 2 aromatic rings. The fourth-order valence-electron chi connectivity index (χ4n) is 2.05. The predicted molar refractivity (Wildman–Crippen MR) is 84.3 cm³/mol. The van der Waals surface area contributed by atoms with Crippen molar-refractivity contribution in [3.05, 3.63) is 29.3 Å². The Morgan fingerprint density at radius 1 is 1.30 bits per heavy atom. The third-order valence-electron chi connectivity index (χ3n) is 3.20. The average molecular weight is 293 g/mol. The van der Waals surface area contributed by atoms with Crippen LogP contribution in [-0.2, 0) is 13.0 Å². The minimum Gasteiger partial charge on any atom is -0.349 e. The summed E-state index contributed by atoms with van der Waals surface area (Å²) in [5, 5.41) is 4.59. The summed E-state index contributed by atoms with van der Waals surface area (Å²) in [5.41, 5.74) is 0. The van der Waals surface area contributed by atoms with E-state index in [0.29, 0.717) is 0 Å². The zero-order valence-electron chi connectivity index (χ0n) is 12.2. The van der Waals surface area contributed by atoms with E-state index in [1.165, 1.54) is 4.88 Å². The van der Waals surface area contributed by atoms with Crippen molar-refractivity contribution in [3.63, 3.8) is 0 Å². The van der Waals surface area contributed by atoms with Gasteiger partial charge in [0.15, 0.2) is 5.13 Å². The average Bonchev–Trinajstić information content (AvgIpc) is 3.12. The van der Waals surface area contributed by atoms with E-state index in [2.05, 4.69) is 39.0 Å². The molecule has 20 heavy (non-hydrogen) atoms. The number of thiazole rings is 1. The van der Waals surface area contributed by atoms with Crippen molar-refractivity contribution in [2.45, 2.75) is 33.2 Å². The normalized spacial score (nSPS) is 10.9. The van der Waals surface area contributed by atoms with Crippen molar-refractivity contribution >= 4 is 16.5 Å². The van der Waals surface area contributed by atoms with Crippen LogP contribution in [0.3, 0.4) is 0 Å². The van der Waals surface area contributed by atoms with Gasteiger partial charge in [-0.15, -0.1) is 11.3 Å². The molecular formula is C14H23N5S. The van der Waals surface area contributed by atoms with E-state index in [-0.39, 0.29) is 0 Å². The molecule has 0 aliphatic heterocycles. The van der Waals surface area contributed by atoms with Crippen LogP contribution < -0.4 is 10.2 Å². The first kappa shape index (κ1) is 15.0. The van der Waals surface area contributed by atoms with Crippen molar-refractivity contribution in [3.8, 4) is 0 Å². The van der Waals surface area contributed by atoms with E-state index >= 15 is 0 Å². The summed E-state index contributed by atoms with van der Waals surface area (Å²) in [6.45, 7) is 8.26. The Balaban J connectivity index is 1.66. The maximum atomic E-state index is 4.49. The molecule has 0 aliphatic carbocycles. The topological polar surface area (TPSA) is 56.8 Å². The molecule has 0 radical (unpaired) electrons. The van der Waals surface area contributed by atoms with Gasteiger partial charge in [0.05, 0.1) is 0 Å². The smallest absolute Gasteiger partial charge is 0.185 e. The van der Waals surface area contributed by atoms with Crippen LogP contribution in [0.25, 0.3) is 0 Å². The standard InChI is InChI=1S/C14H23N5S/c1-3-19(4-2)14-18-11-12(20-14)10-15-7-5-6-13-16-8-9-17-13/h8-9,11,15H,3-7,10H2,1-2H3,(H,16,17). The van der Waals surface area contributed by atoms with Gasteiger partial charge < -0.3 is 15.2 Å². The lowest BCUT2D eigenvalue weighted by atomic mass is 10.3. The Labute approximate surface area is 124 Å². The Morgan fingerprint density at radius 2 is 2.15 bits per heavy atom. The number of anilines is 1. The van der Waals surface area contributed by atoms with Crippen molar-refractivity contribution in [2.75, 3.05) is 24.5 Å². The van der Waals surface area contributed by atoms with Gasteiger partial charge >= 0.3 is 0 Å². The molecule has 2 rings (SSSR count). The second kappa shape index (κ2) is 8.01.